The van der Waals surface area contributed by atoms with E-state index in [-0.39, 0.29) is 0 Å². The molecule has 2 aliphatic rings. The lowest BCUT2D eigenvalue weighted by atomic mass is 9.62. The predicted octanol–water partition coefficient (Wildman–Crippen LogP) is 11.6. The van der Waals surface area contributed by atoms with E-state index in [1.807, 2.05) is 0 Å². The summed E-state index contributed by atoms with van der Waals surface area (Å²) in [5.74, 6) is 4.29. The van der Waals surface area contributed by atoms with E-state index in [4.69, 9.17) is 0 Å². The van der Waals surface area contributed by atoms with Crippen molar-refractivity contribution in [2.75, 3.05) is 0 Å². The second kappa shape index (κ2) is 15.9. The maximum absolute atomic E-state index is 4.64. The largest absolute Gasteiger partial charge is 0.103 e. The fraction of sp³-hybridized carbons (Fsp3) is 0.771. The van der Waals surface area contributed by atoms with Crippen molar-refractivity contribution < 1.29 is 0 Å². The Morgan fingerprint density at radius 1 is 1.00 bits per heavy atom. The highest BCUT2D eigenvalue weighted by atomic mass is 14.4. The summed E-state index contributed by atoms with van der Waals surface area (Å²) in [5.41, 5.74) is 3.65. The lowest BCUT2D eigenvalue weighted by Crippen LogP contribution is -2.33. The molecule has 2 rings (SSSR count). The van der Waals surface area contributed by atoms with Gasteiger partial charge in [0, 0.05) is 0 Å². The Balaban J connectivity index is 1.85. The Morgan fingerprint density at radius 3 is 2.34 bits per heavy atom. The van der Waals surface area contributed by atoms with Crippen LogP contribution >= 0.6 is 0 Å². The van der Waals surface area contributed by atoms with E-state index in [1.165, 1.54) is 96.3 Å². The van der Waals surface area contributed by atoms with E-state index in [2.05, 4.69) is 65.7 Å². The van der Waals surface area contributed by atoms with E-state index >= 15 is 0 Å². The zero-order valence-corrected chi connectivity index (χ0v) is 24.3. The normalized spacial score (nSPS) is 23.4. The molecule has 0 saturated heterocycles. The fourth-order valence-electron chi connectivity index (χ4n) is 6.69. The van der Waals surface area contributed by atoms with Crippen LogP contribution in [0.25, 0.3) is 0 Å². The molecule has 0 spiro atoms. The number of rotatable bonds is 18. The van der Waals surface area contributed by atoms with E-state index < -0.39 is 0 Å². The summed E-state index contributed by atoms with van der Waals surface area (Å²) in [6.07, 6.45) is 29.7. The van der Waals surface area contributed by atoms with Crippen LogP contribution in [0.15, 0.2) is 49.1 Å². The zero-order valence-electron chi connectivity index (χ0n) is 24.3. The Kier molecular flexibility index (Phi) is 13.7. The molecule has 0 aliphatic heterocycles. The van der Waals surface area contributed by atoms with Gasteiger partial charge in [0.25, 0.3) is 0 Å². The maximum Gasteiger partial charge on any atom is -0.0171 e. The van der Waals surface area contributed by atoms with Gasteiger partial charge >= 0.3 is 0 Å². The first kappa shape index (κ1) is 30.2. The summed E-state index contributed by atoms with van der Waals surface area (Å²) >= 11 is 0. The van der Waals surface area contributed by atoms with Gasteiger partial charge in [-0.2, -0.15) is 0 Å². The van der Waals surface area contributed by atoms with Crippen molar-refractivity contribution in [2.24, 2.45) is 35.0 Å². The quantitative estimate of drug-likeness (QED) is 0.135. The van der Waals surface area contributed by atoms with Gasteiger partial charge in [-0.1, -0.05) is 95.2 Å². The average molecular weight is 481 g/mol. The smallest absolute Gasteiger partial charge is 0.0171 e. The SMILES string of the molecule is C=CCCCC(=C)C(CC1CCCCC1)C1CC(CCC(CC=C)/C(C)=C\CCC(C)(C)CC)C1. The Labute approximate surface area is 220 Å². The second-order valence-electron chi connectivity index (χ2n) is 13.1. The maximum atomic E-state index is 4.64. The number of unbranched alkanes of at least 4 members (excludes halogenated alkanes) is 1. The molecule has 0 aromatic heterocycles. The van der Waals surface area contributed by atoms with Gasteiger partial charge in [-0.15, -0.1) is 13.2 Å². The highest BCUT2D eigenvalue weighted by molar-refractivity contribution is 5.08. The fourth-order valence-corrected chi connectivity index (χ4v) is 6.69. The first-order valence-corrected chi connectivity index (χ1v) is 15.4. The summed E-state index contributed by atoms with van der Waals surface area (Å²) in [6.45, 7) is 22.1. The molecule has 0 radical (unpaired) electrons. The molecule has 35 heavy (non-hydrogen) atoms. The molecule has 0 aromatic carbocycles. The first-order chi connectivity index (χ1) is 16.8. The van der Waals surface area contributed by atoms with Gasteiger partial charge in [-0.25, -0.2) is 0 Å². The molecular weight excluding hydrogens is 420 g/mol. The third-order valence-corrected chi connectivity index (χ3v) is 9.85. The van der Waals surface area contributed by atoms with Gasteiger partial charge in [-0.3, -0.25) is 0 Å². The molecule has 0 N–H and O–H groups in total. The van der Waals surface area contributed by atoms with Crippen LogP contribution in [-0.2, 0) is 0 Å². The Bertz CT molecular complexity index is 650. The van der Waals surface area contributed by atoms with Crippen molar-refractivity contribution in [3.8, 4) is 0 Å². The van der Waals surface area contributed by atoms with Crippen molar-refractivity contribution in [2.45, 2.75) is 137 Å². The van der Waals surface area contributed by atoms with Gasteiger partial charge < -0.3 is 0 Å². The molecule has 0 aromatic rings. The molecule has 2 aliphatic carbocycles. The van der Waals surface area contributed by atoms with E-state index in [1.54, 1.807) is 11.1 Å². The Hall–Kier alpha value is -1.04. The highest BCUT2D eigenvalue weighted by Gasteiger charge is 2.37. The molecule has 2 unspecified atom stereocenters. The highest BCUT2D eigenvalue weighted by Crippen LogP contribution is 2.48. The minimum absolute atomic E-state index is 0.468. The summed E-state index contributed by atoms with van der Waals surface area (Å²) in [4.78, 5) is 0. The third kappa shape index (κ3) is 10.9. The summed E-state index contributed by atoms with van der Waals surface area (Å²) in [6, 6.07) is 0. The van der Waals surface area contributed by atoms with Gasteiger partial charge in [0.1, 0.15) is 0 Å². The number of hydrogen-bond donors (Lipinski definition) is 0. The van der Waals surface area contributed by atoms with Gasteiger partial charge in [-0.05, 0) is 113 Å². The van der Waals surface area contributed by atoms with Crippen LogP contribution in [0.5, 0.6) is 0 Å². The van der Waals surface area contributed by atoms with Crippen molar-refractivity contribution >= 4 is 0 Å². The van der Waals surface area contributed by atoms with Crippen molar-refractivity contribution in [3.05, 3.63) is 49.1 Å². The van der Waals surface area contributed by atoms with Crippen LogP contribution in [0.1, 0.15) is 137 Å². The van der Waals surface area contributed by atoms with Crippen molar-refractivity contribution in [3.63, 3.8) is 0 Å². The molecule has 2 fully saturated rings. The van der Waals surface area contributed by atoms with Crippen LogP contribution < -0.4 is 0 Å². The number of hydrogen-bond acceptors (Lipinski definition) is 0. The van der Waals surface area contributed by atoms with E-state index in [0.717, 1.165) is 36.5 Å². The number of allylic oxidation sites excluding steroid dienone is 5. The van der Waals surface area contributed by atoms with Gasteiger partial charge in [0.2, 0.25) is 0 Å². The van der Waals surface area contributed by atoms with Crippen molar-refractivity contribution in [1.82, 2.24) is 0 Å². The monoisotopic (exact) mass is 480 g/mol. The summed E-state index contributed by atoms with van der Waals surface area (Å²) in [5, 5.41) is 0. The van der Waals surface area contributed by atoms with Crippen LogP contribution in [0.4, 0.5) is 0 Å². The predicted molar refractivity (Wildman–Crippen MR) is 159 cm³/mol. The van der Waals surface area contributed by atoms with Crippen LogP contribution in [0.2, 0.25) is 0 Å². The topological polar surface area (TPSA) is 0 Å². The molecule has 0 heterocycles. The summed E-state index contributed by atoms with van der Waals surface area (Å²) < 4.78 is 0. The molecule has 0 amide bonds. The van der Waals surface area contributed by atoms with Crippen LogP contribution in [0.3, 0.4) is 0 Å². The summed E-state index contributed by atoms with van der Waals surface area (Å²) in [7, 11) is 0. The molecule has 0 bridgehead atoms. The third-order valence-electron chi connectivity index (χ3n) is 9.85. The standard InChI is InChI=1S/C35H60/c1-8-11-13-18-29(5)34(27-30-20-14-12-15-21-30)33-25-31(26-33)22-23-32(17-9-2)28(4)19-16-24-35(6,7)10-3/h8-9,19,30-34H,1-2,5,10-18,20-27H2,3-4,6-7H3/b28-19-. The molecule has 200 valence electrons. The van der Waals surface area contributed by atoms with Gasteiger partial charge in [0.05, 0.1) is 0 Å². The lowest BCUT2D eigenvalue weighted by molar-refractivity contribution is 0.106. The molecule has 0 nitrogen and oxygen atoms in total. The molecule has 2 saturated carbocycles. The minimum atomic E-state index is 0.468. The molecule has 0 heteroatoms. The van der Waals surface area contributed by atoms with Gasteiger partial charge in [0.15, 0.2) is 0 Å². The first-order valence-electron chi connectivity index (χ1n) is 15.4. The second-order valence-corrected chi connectivity index (χ2v) is 13.1. The van der Waals surface area contributed by atoms with Crippen LogP contribution in [-0.4, -0.2) is 0 Å². The minimum Gasteiger partial charge on any atom is -0.103 e. The van der Waals surface area contributed by atoms with E-state index in [9.17, 15) is 0 Å². The zero-order chi connectivity index (χ0) is 25.7. The Morgan fingerprint density at radius 2 is 1.71 bits per heavy atom. The molecular formula is C35H60. The average Bonchev–Trinajstić information content (AvgIpc) is 2.82. The van der Waals surface area contributed by atoms with Crippen molar-refractivity contribution in [1.29, 1.82) is 0 Å². The van der Waals surface area contributed by atoms with E-state index in [0.29, 0.717) is 11.3 Å². The molecule has 2 atom stereocenters. The van der Waals surface area contributed by atoms with Crippen LogP contribution in [0, 0.1) is 35.0 Å². The lowest BCUT2D eigenvalue weighted by Gasteiger charge is -2.43.